The van der Waals surface area contributed by atoms with Crippen LogP contribution in [0.2, 0.25) is 5.02 Å². The Labute approximate surface area is 174 Å². The Hall–Kier alpha value is -2.31. The van der Waals surface area contributed by atoms with E-state index in [0.717, 1.165) is 27.0 Å². The van der Waals surface area contributed by atoms with Crippen LogP contribution in [0.5, 0.6) is 0 Å². The van der Waals surface area contributed by atoms with E-state index in [4.69, 9.17) is 16.6 Å². The third-order valence-corrected chi connectivity index (χ3v) is 5.49. The van der Waals surface area contributed by atoms with Crippen molar-refractivity contribution in [1.29, 1.82) is 0 Å². The highest BCUT2D eigenvalue weighted by molar-refractivity contribution is 7.99. The molecule has 5 nitrogen and oxygen atoms in total. The van der Waals surface area contributed by atoms with Gasteiger partial charge in [-0.25, -0.2) is 4.98 Å². The number of aromatic nitrogens is 3. The average molecular weight is 415 g/mol. The van der Waals surface area contributed by atoms with E-state index < -0.39 is 0 Å². The lowest BCUT2D eigenvalue weighted by Crippen LogP contribution is -2.22. The Morgan fingerprint density at radius 1 is 1.29 bits per heavy atom. The van der Waals surface area contributed by atoms with Gasteiger partial charge in [-0.1, -0.05) is 49.3 Å². The summed E-state index contributed by atoms with van der Waals surface area (Å²) in [7, 11) is 0. The summed E-state index contributed by atoms with van der Waals surface area (Å²) in [4.78, 5) is 21.6. The SMILES string of the molecule is CC(=O)NCc1nc(C(C)C)c(Sc2cccc(Cl)c2)n1Cc1cccnc1. The van der Waals surface area contributed by atoms with E-state index >= 15 is 0 Å². The van der Waals surface area contributed by atoms with Crippen molar-refractivity contribution >= 4 is 29.3 Å². The van der Waals surface area contributed by atoms with Gasteiger partial charge in [-0.15, -0.1) is 0 Å². The van der Waals surface area contributed by atoms with Gasteiger partial charge in [0.15, 0.2) is 0 Å². The smallest absolute Gasteiger partial charge is 0.217 e. The average Bonchev–Trinajstić information content (AvgIpc) is 2.98. The fraction of sp³-hybridized carbons (Fsp3) is 0.286. The number of halogens is 1. The molecule has 1 amide bonds. The van der Waals surface area contributed by atoms with Crippen molar-refractivity contribution in [2.24, 2.45) is 0 Å². The summed E-state index contributed by atoms with van der Waals surface area (Å²) in [5.41, 5.74) is 2.08. The van der Waals surface area contributed by atoms with E-state index in [1.807, 2.05) is 42.6 Å². The van der Waals surface area contributed by atoms with Crippen molar-refractivity contribution in [2.45, 2.75) is 49.7 Å². The predicted molar refractivity (Wildman–Crippen MR) is 113 cm³/mol. The van der Waals surface area contributed by atoms with Crippen LogP contribution in [0, 0.1) is 0 Å². The maximum atomic E-state index is 11.5. The molecule has 0 aliphatic rings. The quantitative estimate of drug-likeness (QED) is 0.597. The molecule has 1 aromatic carbocycles. The van der Waals surface area contributed by atoms with Gasteiger partial charge in [0.1, 0.15) is 10.9 Å². The summed E-state index contributed by atoms with van der Waals surface area (Å²) in [6, 6.07) is 11.8. The van der Waals surface area contributed by atoms with Gasteiger partial charge >= 0.3 is 0 Å². The summed E-state index contributed by atoms with van der Waals surface area (Å²) in [5, 5.41) is 4.63. The lowest BCUT2D eigenvalue weighted by molar-refractivity contribution is -0.119. The highest BCUT2D eigenvalue weighted by atomic mass is 35.5. The first-order valence-electron chi connectivity index (χ1n) is 9.10. The minimum atomic E-state index is -0.0777. The molecule has 146 valence electrons. The minimum absolute atomic E-state index is 0.0777. The lowest BCUT2D eigenvalue weighted by Gasteiger charge is -2.14. The molecule has 3 rings (SSSR count). The first-order chi connectivity index (χ1) is 13.4. The third-order valence-electron chi connectivity index (χ3n) is 4.14. The van der Waals surface area contributed by atoms with E-state index in [1.165, 1.54) is 6.92 Å². The summed E-state index contributed by atoms with van der Waals surface area (Å²) < 4.78 is 2.16. The topological polar surface area (TPSA) is 59.8 Å². The summed E-state index contributed by atoms with van der Waals surface area (Å²) in [6.07, 6.45) is 3.61. The number of rotatable bonds is 7. The molecule has 0 fully saturated rings. The van der Waals surface area contributed by atoms with Crippen molar-refractivity contribution in [3.63, 3.8) is 0 Å². The molecule has 0 bridgehead atoms. The molecule has 2 heterocycles. The molecular weight excluding hydrogens is 392 g/mol. The van der Waals surface area contributed by atoms with Crippen LogP contribution < -0.4 is 5.32 Å². The second-order valence-electron chi connectivity index (χ2n) is 6.79. The zero-order valence-corrected chi connectivity index (χ0v) is 17.7. The van der Waals surface area contributed by atoms with Crippen molar-refractivity contribution in [3.05, 3.63) is 70.9 Å². The molecule has 0 saturated heterocycles. The molecule has 0 spiro atoms. The molecule has 0 unspecified atom stereocenters. The molecule has 7 heteroatoms. The van der Waals surface area contributed by atoms with Gasteiger partial charge in [-0.2, -0.15) is 0 Å². The van der Waals surface area contributed by atoms with Crippen LogP contribution in [0.4, 0.5) is 0 Å². The van der Waals surface area contributed by atoms with Crippen LogP contribution in [0.3, 0.4) is 0 Å². The number of imidazole rings is 1. The molecule has 0 radical (unpaired) electrons. The molecule has 2 aromatic heterocycles. The minimum Gasteiger partial charge on any atom is -0.349 e. The van der Waals surface area contributed by atoms with Crippen LogP contribution >= 0.6 is 23.4 Å². The summed E-state index contributed by atoms with van der Waals surface area (Å²) in [5.74, 6) is 0.992. The number of pyridine rings is 1. The zero-order chi connectivity index (χ0) is 20.1. The Bertz CT molecular complexity index is 956. The molecule has 28 heavy (non-hydrogen) atoms. The Balaban J connectivity index is 2.06. The maximum Gasteiger partial charge on any atom is 0.217 e. The van der Waals surface area contributed by atoms with Gasteiger partial charge in [0.25, 0.3) is 0 Å². The number of amides is 1. The molecule has 1 N–H and O–H groups in total. The highest BCUT2D eigenvalue weighted by Crippen LogP contribution is 2.36. The van der Waals surface area contributed by atoms with Crippen LogP contribution in [0.15, 0.2) is 58.7 Å². The van der Waals surface area contributed by atoms with E-state index in [-0.39, 0.29) is 11.8 Å². The molecular formula is C21H23ClN4OS. The fourth-order valence-electron chi connectivity index (χ4n) is 2.80. The van der Waals surface area contributed by atoms with Crippen molar-refractivity contribution in [1.82, 2.24) is 19.9 Å². The highest BCUT2D eigenvalue weighted by Gasteiger charge is 2.21. The van der Waals surface area contributed by atoms with Crippen LogP contribution in [-0.4, -0.2) is 20.4 Å². The first-order valence-corrected chi connectivity index (χ1v) is 10.3. The molecule has 0 aliphatic carbocycles. The lowest BCUT2D eigenvalue weighted by atomic mass is 10.1. The van der Waals surface area contributed by atoms with E-state index in [0.29, 0.717) is 18.1 Å². The Morgan fingerprint density at radius 2 is 2.11 bits per heavy atom. The van der Waals surface area contributed by atoms with Gasteiger partial charge in [-0.05, 0) is 35.7 Å². The first kappa shape index (κ1) is 20.4. The van der Waals surface area contributed by atoms with Crippen molar-refractivity contribution in [3.8, 4) is 0 Å². The van der Waals surface area contributed by atoms with E-state index in [1.54, 1.807) is 18.0 Å². The second kappa shape index (κ2) is 9.26. The molecule has 3 aromatic rings. The fourth-order valence-corrected chi connectivity index (χ4v) is 4.28. The van der Waals surface area contributed by atoms with Crippen LogP contribution in [0.1, 0.15) is 43.8 Å². The van der Waals surface area contributed by atoms with Gasteiger partial charge in [0, 0.05) is 29.2 Å². The summed E-state index contributed by atoms with van der Waals surface area (Å²) in [6.45, 7) is 6.78. The third kappa shape index (κ3) is 5.14. The number of carbonyl (C=O) groups is 1. The molecule has 0 saturated carbocycles. The van der Waals surface area contributed by atoms with Crippen LogP contribution in [0.25, 0.3) is 0 Å². The van der Waals surface area contributed by atoms with Gasteiger partial charge in [0.2, 0.25) is 5.91 Å². The number of carbonyl (C=O) groups excluding carboxylic acids is 1. The number of nitrogens with one attached hydrogen (secondary N) is 1. The predicted octanol–water partition coefficient (Wildman–Crippen LogP) is 4.89. The van der Waals surface area contributed by atoms with Gasteiger partial charge < -0.3 is 9.88 Å². The Kier molecular flexibility index (Phi) is 6.75. The van der Waals surface area contributed by atoms with E-state index in [2.05, 4.69) is 28.7 Å². The number of hydrogen-bond acceptors (Lipinski definition) is 4. The van der Waals surface area contributed by atoms with Gasteiger partial charge in [-0.3, -0.25) is 9.78 Å². The molecule has 0 atom stereocenters. The number of hydrogen-bond donors (Lipinski definition) is 1. The largest absolute Gasteiger partial charge is 0.349 e. The number of nitrogens with zero attached hydrogens (tertiary/aromatic N) is 3. The monoisotopic (exact) mass is 414 g/mol. The second-order valence-corrected chi connectivity index (χ2v) is 8.29. The van der Waals surface area contributed by atoms with E-state index in [9.17, 15) is 4.79 Å². The normalized spacial score (nSPS) is 11.0. The maximum absolute atomic E-state index is 11.5. The van der Waals surface area contributed by atoms with Gasteiger partial charge in [0.05, 0.1) is 18.8 Å². The standard InChI is InChI=1S/C21H23ClN4OS/c1-14(2)20-21(28-18-8-4-7-17(22)10-18)26(13-16-6-5-9-23-11-16)19(25-20)12-24-15(3)27/h4-11,14H,12-13H2,1-3H3,(H,24,27). The van der Waals surface area contributed by atoms with Crippen LogP contribution in [-0.2, 0) is 17.9 Å². The van der Waals surface area contributed by atoms with Crippen molar-refractivity contribution in [2.75, 3.05) is 0 Å². The number of benzene rings is 1. The Morgan fingerprint density at radius 3 is 2.75 bits per heavy atom. The summed E-state index contributed by atoms with van der Waals surface area (Å²) >= 11 is 7.82. The van der Waals surface area contributed by atoms with Crippen molar-refractivity contribution < 1.29 is 4.79 Å². The zero-order valence-electron chi connectivity index (χ0n) is 16.1. The molecule has 0 aliphatic heterocycles.